The number of ether oxygens (including phenoxy) is 1. The van der Waals surface area contributed by atoms with Crippen molar-refractivity contribution in [1.82, 2.24) is 0 Å². The highest BCUT2D eigenvalue weighted by Gasteiger charge is 2.07. The Labute approximate surface area is 119 Å². The average Bonchev–Trinajstić information content (AvgIpc) is 2.31. The van der Waals surface area contributed by atoms with E-state index in [0.717, 1.165) is 0 Å². The van der Waals surface area contributed by atoms with Crippen LogP contribution in [0.4, 0.5) is 11.4 Å². The van der Waals surface area contributed by atoms with E-state index in [0.29, 0.717) is 11.4 Å². The molecule has 2 amide bonds. The van der Waals surface area contributed by atoms with Crippen LogP contribution in [-0.2, 0) is 19.1 Å². The third kappa shape index (κ3) is 5.68. The molecule has 1 rings (SSSR count). The second-order valence-corrected chi connectivity index (χ2v) is 4.22. The monoisotopic (exact) mass is 300 g/mol. The lowest BCUT2D eigenvalue weighted by molar-refractivity contribution is -0.143. The molecule has 0 saturated carbocycles. The maximum Gasteiger partial charge on any atom is 0.329 e. The molecule has 0 aliphatic carbocycles. The van der Waals surface area contributed by atoms with E-state index in [-0.39, 0.29) is 17.5 Å². The summed E-state index contributed by atoms with van der Waals surface area (Å²) >= 11 is 5.93. The van der Waals surface area contributed by atoms with Gasteiger partial charge < -0.3 is 20.5 Å². The topological polar surface area (TPSA) is 105 Å². The summed E-state index contributed by atoms with van der Waals surface area (Å²) in [6, 6.07) is 4.55. The lowest BCUT2D eigenvalue weighted by Crippen LogP contribution is -2.20. The van der Waals surface area contributed by atoms with Crippen LogP contribution in [0.25, 0.3) is 0 Å². The SMILES string of the molecule is CC(=O)Nc1ccc(NC(=O)COCC(=O)O)cc1Cl. The van der Waals surface area contributed by atoms with Gasteiger partial charge in [-0.1, -0.05) is 11.6 Å². The molecule has 0 bridgehead atoms. The molecule has 0 radical (unpaired) electrons. The van der Waals surface area contributed by atoms with Crippen LogP contribution in [0.3, 0.4) is 0 Å². The fraction of sp³-hybridized carbons (Fsp3) is 0.250. The van der Waals surface area contributed by atoms with E-state index in [1.165, 1.54) is 19.1 Å². The fourth-order valence-corrected chi connectivity index (χ4v) is 1.54. The van der Waals surface area contributed by atoms with Gasteiger partial charge in [-0.3, -0.25) is 9.59 Å². The van der Waals surface area contributed by atoms with Crippen LogP contribution in [0.5, 0.6) is 0 Å². The molecule has 20 heavy (non-hydrogen) atoms. The average molecular weight is 301 g/mol. The standard InChI is InChI=1S/C12H13ClN2O5/c1-7(16)14-10-3-2-8(4-9(10)13)15-11(17)5-20-6-12(18)19/h2-4H,5-6H2,1H3,(H,14,16)(H,15,17)(H,18,19). The molecular weight excluding hydrogens is 288 g/mol. The van der Waals surface area contributed by atoms with Gasteiger partial charge in [0.25, 0.3) is 0 Å². The third-order valence-electron chi connectivity index (χ3n) is 2.02. The summed E-state index contributed by atoms with van der Waals surface area (Å²) in [6.45, 7) is 0.429. The number of carboxylic acids is 1. The van der Waals surface area contributed by atoms with Gasteiger partial charge in [-0.25, -0.2) is 4.79 Å². The lowest BCUT2D eigenvalue weighted by Gasteiger charge is -2.09. The molecular formula is C12H13ClN2O5. The zero-order chi connectivity index (χ0) is 15.1. The number of carboxylic acid groups (broad SMARTS) is 1. The number of hydrogen-bond acceptors (Lipinski definition) is 4. The van der Waals surface area contributed by atoms with Gasteiger partial charge >= 0.3 is 5.97 Å². The Morgan fingerprint density at radius 2 is 1.95 bits per heavy atom. The molecule has 0 atom stereocenters. The molecule has 0 fully saturated rings. The molecule has 0 saturated heterocycles. The van der Waals surface area contributed by atoms with E-state index in [1.54, 1.807) is 6.07 Å². The van der Waals surface area contributed by atoms with Crippen molar-refractivity contribution in [3.63, 3.8) is 0 Å². The van der Waals surface area contributed by atoms with Crippen LogP contribution in [-0.4, -0.2) is 36.1 Å². The molecule has 3 N–H and O–H groups in total. The predicted octanol–water partition coefficient (Wildman–Crippen LogP) is 1.34. The van der Waals surface area contributed by atoms with Crippen molar-refractivity contribution in [2.24, 2.45) is 0 Å². The number of anilines is 2. The van der Waals surface area contributed by atoms with Crippen LogP contribution >= 0.6 is 11.6 Å². The second-order valence-electron chi connectivity index (χ2n) is 3.81. The van der Waals surface area contributed by atoms with Crippen molar-refractivity contribution in [3.8, 4) is 0 Å². The van der Waals surface area contributed by atoms with Crippen molar-refractivity contribution >= 4 is 40.8 Å². The Kier molecular flexibility index (Phi) is 5.95. The number of rotatable bonds is 6. The van der Waals surface area contributed by atoms with Crippen molar-refractivity contribution in [2.45, 2.75) is 6.92 Å². The molecule has 0 aliphatic heterocycles. The summed E-state index contributed by atoms with van der Waals surface area (Å²) in [5.74, 6) is -1.92. The Hall–Kier alpha value is -2.12. The van der Waals surface area contributed by atoms with Gasteiger partial charge in [-0.05, 0) is 18.2 Å². The van der Waals surface area contributed by atoms with Crippen molar-refractivity contribution < 1.29 is 24.2 Å². The predicted molar refractivity (Wildman–Crippen MR) is 72.8 cm³/mol. The molecule has 1 aromatic rings. The molecule has 0 heterocycles. The van der Waals surface area contributed by atoms with Gasteiger partial charge in [0, 0.05) is 12.6 Å². The lowest BCUT2D eigenvalue weighted by atomic mass is 10.2. The van der Waals surface area contributed by atoms with E-state index in [9.17, 15) is 14.4 Å². The number of amides is 2. The van der Waals surface area contributed by atoms with Crippen LogP contribution in [0.2, 0.25) is 5.02 Å². The first kappa shape index (κ1) is 15.9. The smallest absolute Gasteiger partial charge is 0.329 e. The summed E-state index contributed by atoms with van der Waals surface area (Å²) in [5, 5.41) is 13.6. The fourth-order valence-electron chi connectivity index (χ4n) is 1.31. The molecule has 0 aromatic heterocycles. The summed E-state index contributed by atoms with van der Waals surface area (Å²) in [5.41, 5.74) is 0.840. The summed E-state index contributed by atoms with van der Waals surface area (Å²) in [6.07, 6.45) is 0. The normalized spacial score (nSPS) is 9.90. The van der Waals surface area contributed by atoms with Crippen LogP contribution in [0, 0.1) is 0 Å². The van der Waals surface area contributed by atoms with Gasteiger partial charge in [-0.15, -0.1) is 0 Å². The van der Waals surface area contributed by atoms with E-state index in [1.807, 2.05) is 0 Å². The van der Waals surface area contributed by atoms with E-state index in [2.05, 4.69) is 15.4 Å². The van der Waals surface area contributed by atoms with Crippen molar-refractivity contribution in [3.05, 3.63) is 23.2 Å². The Balaban J connectivity index is 2.56. The van der Waals surface area contributed by atoms with Gasteiger partial charge in [-0.2, -0.15) is 0 Å². The second kappa shape index (κ2) is 7.46. The van der Waals surface area contributed by atoms with Gasteiger partial charge in [0.1, 0.15) is 13.2 Å². The minimum atomic E-state index is -1.15. The third-order valence-corrected chi connectivity index (χ3v) is 2.33. The first-order valence-corrected chi connectivity index (χ1v) is 5.93. The number of nitrogens with one attached hydrogen (secondary N) is 2. The van der Waals surface area contributed by atoms with E-state index >= 15 is 0 Å². The molecule has 108 valence electrons. The van der Waals surface area contributed by atoms with E-state index < -0.39 is 18.5 Å². The summed E-state index contributed by atoms with van der Waals surface area (Å²) in [4.78, 5) is 32.5. The zero-order valence-electron chi connectivity index (χ0n) is 10.6. The van der Waals surface area contributed by atoms with Crippen LogP contribution < -0.4 is 10.6 Å². The number of carbonyl (C=O) groups is 3. The maximum atomic E-state index is 11.4. The largest absolute Gasteiger partial charge is 0.480 e. The van der Waals surface area contributed by atoms with Crippen molar-refractivity contribution in [1.29, 1.82) is 0 Å². The molecule has 1 aromatic carbocycles. The molecule has 0 spiro atoms. The van der Waals surface area contributed by atoms with Gasteiger partial charge in [0.05, 0.1) is 10.7 Å². The first-order chi connectivity index (χ1) is 9.38. The Morgan fingerprint density at radius 3 is 2.50 bits per heavy atom. The number of halogens is 1. The van der Waals surface area contributed by atoms with E-state index in [4.69, 9.17) is 16.7 Å². The summed E-state index contributed by atoms with van der Waals surface area (Å²) < 4.78 is 4.63. The highest BCUT2D eigenvalue weighted by molar-refractivity contribution is 6.34. The molecule has 7 nitrogen and oxygen atoms in total. The van der Waals surface area contributed by atoms with Crippen LogP contribution in [0.1, 0.15) is 6.92 Å². The highest BCUT2D eigenvalue weighted by atomic mass is 35.5. The van der Waals surface area contributed by atoms with Crippen LogP contribution in [0.15, 0.2) is 18.2 Å². The zero-order valence-corrected chi connectivity index (χ0v) is 11.4. The Bertz CT molecular complexity index is 533. The minimum Gasteiger partial charge on any atom is -0.480 e. The first-order valence-electron chi connectivity index (χ1n) is 5.55. The summed E-state index contributed by atoms with van der Waals surface area (Å²) in [7, 11) is 0. The highest BCUT2D eigenvalue weighted by Crippen LogP contribution is 2.25. The van der Waals surface area contributed by atoms with Crippen molar-refractivity contribution in [2.75, 3.05) is 23.8 Å². The maximum absolute atomic E-state index is 11.4. The van der Waals surface area contributed by atoms with Gasteiger partial charge in [0.15, 0.2) is 0 Å². The Morgan fingerprint density at radius 1 is 1.25 bits per heavy atom. The number of benzene rings is 1. The van der Waals surface area contributed by atoms with Gasteiger partial charge in [0.2, 0.25) is 11.8 Å². The number of hydrogen-bond donors (Lipinski definition) is 3. The quantitative estimate of drug-likeness (QED) is 0.735. The molecule has 0 aliphatic rings. The molecule has 0 unspecified atom stereocenters. The number of aliphatic carboxylic acids is 1. The minimum absolute atomic E-state index is 0.259. The number of carbonyl (C=O) groups excluding carboxylic acids is 2. The molecule has 8 heteroatoms.